The summed E-state index contributed by atoms with van der Waals surface area (Å²) in [6, 6.07) is 6.30. The highest BCUT2D eigenvalue weighted by atomic mass is 16.1. The molecule has 1 saturated heterocycles. The number of nitrogens with zero attached hydrogens (tertiary/aromatic N) is 7. The van der Waals surface area contributed by atoms with Crippen molar-refractivity contribution in [3.8, 4) is 0 Å². The van der Waals surface area contributed by atoms with E-state index in [-0.39, 0.29) is 5.56 Å². The molecule has 8 nitrogen and oxygen atoms in total. The van der Waals surface area contributed by atoms with Crippen molar-refractivity contribution < 1.29 is 0 Å². The summed E-state index contributed by atoms with van der Waals surface area (Å²) < 4.78 is 1.57. The molecule has 0 N–H and O–H groups in total. The number of aryl methyl sites for hydroxylation is 1. The summed E-state index contributed by atoms with van der Waals surface area (Å²) in [5.74, 6) is 1.44. The van der Waals surface area contributed by atoms with Crippen LogP contribution in [0.4, 0.5) is 17.3 Å². The van der Waals surface area contributed by atoms with E-state index in [4.69, 9.17) is 0 Å². The highest BCUT2D eigenvalue weighted by Crippen LogP contribution is 2.27. The van der Waals surface area contributed by atoms with Crippen LogP contribution in [0, 0.1) is 0 Å². The molecule has 1 fully saturated rings. The molecule has 0 unspecified atom stereocenters. The van der Waals surface area contributed by atoms with Gasteiger partial charge in [0.25, 0.3) is 5.56 Å². The molecule has 4 rings (SSSR count). The Morgan fingerprint density at radius 3 is 2.48 bits per heavy atom. The second-order valence-corrected chi connectivity index (χ2v) is 6.93. The largest absolute Gasteiger partial charge is 0.368 e. The Balaban J connectivity index is 1.57. The first kappa shape index (κ1) is 17.3. The van der Waals surface area contributed by atoms with Crippen LogP contribution in [0.25, 0.3) is 10.9 Å². The van der Waals surface area contributed by atoms with Crippen LogP contribution in [-0.2, 0) is 7.05 Å². The summed E-state index contributed by atoms with van der Waals surface area (Å²) in [6.45, 7) is 3.18. The van der Waals surface area contributed by atoms with Crippen molar-refractivity contribution in [2.24, 2.45) is 7.05 Å². The maximum absolute atomic E-state index is 12.3. The van der Waals surface area contributed by atoms with Crippen LogP contribution in [0.3, 0.4) is 0 Å². The molecule has 3 heterocycles. The van der Waals surface area contributed by atoms with E-state index in [2.05, 4.69) is 36.9 Å². The van der Waals surface area contributed by atoms with Gasteiger partial charge in [-0.2, -0.15) is 0 Å². The van der Waals surface area contributed by atoms with Crippen LogP contribution >= 0.6 is 0 Å². The SMILES string of the molecule is CN(C)c1ncnc2ccc(N3CCN(c4nccn(C)c4=O)CC3)cc12. The van der Waals surface area contributed by atoms with Gasteiger partial charge in [0.15, 0.2) is 5.82 Å². The predicted molar refractivity (Wildman–Crippen MR) is 108 cm³/mol. The van der Waals surface area contributed by atoms with E-state index in [0.717, 1.165) is 48.6 Å². The molecule has 0 bridgehead atoms. The highest BCUT2D eigenvalue weighted by Gasteiger charge is 2.21. The van der Waals surface area contributed by atoms with Crippen molar-refractivity contribution in [3.05, 3.63) is 47.3 Å². The minimum absolute atomic E-state index is 0.0515. The molecule has 1 aliphatic heterocycles. The van der Waals surface area contributed by atoms with E-state index in [1.165, 1.54) is 0 Å². The van der Waals surface area contributed by atoms with Crippen molar-refractivity contribution in [1.82, 2.24) is 19.5 Å². The number of benzene rings is 1. The Morgan fingerprint density at radius 1 is 1.00 bits per heavy atom. The second-order valence-electron chi connectivity index (χ2n) is 6.93. The fraction of sp³-hybridized carbons (Fsp3) is 0.368. The van der Waals surface area contributed by atoms with Crippen LogP contribution in [0.5, 0.6) is 0 Å². The standard InChI is InChI=1S/C19H23N7O/c1-23(2)17-15-12-14(4-5-16(15)21-13-22-17)25-8-10-26(11-9-25)18-19(27)24(3)7-6-20-18/h4-7,12-13H,8-11H2,1-3H3. The number of aromatic nitrogens is 4. The van der Waals surface area contributed by atoms with Crippen molar-refractivity contribution in [2.75, 3.05) is 55.0 Å². The molecule has 0 atom stereocenters. The first-order valence-corrected chi connectivity index (χ1v) is 8.98. The van der Waals surface area contributed by atoms with Crippen molar-refractivity contribution in [1.29, 1.82) is 0 Å². The maximum Gasteiger partial charge on any atom is 0.293 e. The van der Waals surface area contributed by atoms with E-state index in [0.29, 0.717) is 5.82 Å². The number of hydrogen-bond acceptors (Lipinski definition) is 7. The third-order valence-electron chi connectivity index (χ3n) is 4.96. The Bertz CT molecular complexity index is 1020. The third-order valence-corrected chi connectivity index (χ3v) is 4.96. The van der Waals surface area contributed by atoms with Gasteiger partial charge in [0, 0.05) is 70.8 Å². The van der Waals surface area contributed by atoms with Gasteiger partial charge < -0.3 is 19.3 Å². The lowest BCUT2D eigenvalue weighted by Gasteiger charge is -2.36. The van der Waals surface area contributed by atoms with E-state index >= 15 is 0 Å². The average molecular weight is 365 g/mol. The lowest BCUT2D eigenvalue weighted by atomic mass is 10.1. The van der Waals surface area contributed by atoms with Crippen molar-refractivity contribution in [3.63, 3.8) is 0 Å². The molecule has 0 spiro atoms. The van der Waals surface area contributed by atoms with Crippen molar-refractivity contribution in [2.45, 2.75) is 0 Å². The van der Waals surface area contributed by atoms with E-state index in [9.17, 15) is 4.79 Å². The van der Waals surface area contributed by atoms with Gasteiger partial charge in [-0.15, -0.1) is 0 Å². The second kappa shape index (κ2) is 6.86. The van der Waals surface area contributed by atoms with Gasteiger partial charge in [-0.05, 0) is 18.2 Å². The third kappa shape index (κ3) is 3.18. The average Bonchev–Trinajstić information content (AvgIpc) is 2.69. The lowest BCUT2D eigenvalue weighted by Crippen LogP contribution is -2.48. The molecule has 0 aliphatic carbocycles. The fourth-order valence-electron chi connectivity index (χ4n) is 3.46. The maximum atomic E-state index is 12.3. The zero-order chi connectivity index (χ0) is 19.0. The summed E-state index contributed by atoms with van der Waals surface area (Å²) >= 11 is 0. The summed E-state index contributed by atoms with van der Waals surface area (Å²) in [4.78, 5) is 31.7. The van der Waals surface area contributed by atoms with Crippen LogP contribution in [0.1, 0.15) is 0 Å². The molecule has 0 saturated carbocycles. The van der Waals surface area contributed by atoms with Crippen LogP contribution < -0.4 is 20.3 Å². The number of fused-ring (bicyclic) bond motifs is 1. The summed E-state index contributed by atoms with van der Waals surface area (Å²) in [6.07, 6.45) is 4.96. The minimum atomic E-state index is -0.0515. The molecule has 1 aromatic carbocycles. The van der Waals surface area contributed by atoms with Crippen LogP contribution in [0.2, 0.25) is 0 Å². The van der Waals surface area contributed by atoms with Crippen molar-refractivity contribution >= 4 is 28.2 Å². The molecular formula is C19H23N7O. The molecule has 1 aliphatic rings. The number of hydrogen-bond donors (Lipinski definition) is 0. The lowest BCUT2D eigenvalue weighted by molar-refractivity contribution is 0.639. The zero-order valence-corrected chi connectivity index (χ0v) is 15.8. The number of rotatable bonds is 3. The van der Waals surface area contributed by atoms with Crippen LogP contribution in [0.15, 0.2) is 41.7 Å². The number of anilines is 3. The van der Waals surface area contributed by atoms with E-state index < -0.39 is 0 Å². The van der Waals surface area contributed by atoms with Gasteiger partial charge in [0.05, 0.1) is 5.52 Å². The van der Waals surface area contributed by atoms with Gasteiger partial charge in [0.2, 0.25) is 0 Å². The Labute approximate surface area is 157 Å². The summed E-state index contributed by atoms with van der Waals surface area (Å²) in [5.41, 5.74) is 2.03. The molecule has 140 valence electrons. The monoisotopic (exact) mass is 365 g/mol. The summed E-state index contributed by atoms with van der Waals surface area (Å²) in [7, 11) is 5.73. The highest BCUT2D eigenvalue weighted by molar-refractivity contribution is 5.91. The minimum Gasteiger partial charge on any atom is -0.368 e. The quantitative estimate of drug-likeness (QED) is 0.689. The fourth-order valence-corrected chi connectivity index (χ4v) is 3.46. The van der Waals surface area contributed by atoms with Gasteiger partial charge in [-0.25, -0.2) is 15.0 Å². The molecule has 27 heavy (non-hydrogen) atoms. The molecule has 3 aromatic rings. The molecule has 2 aromatic heterocycles. The summed E-state index contributed by atoms with van der Waals surface area (Å²) in [5, 5.41) is 1.04. The first-order chi connectivity index (χ1) is 13.0. The molecular weight excluding hydrogens is 342 g/mol. The Hall–Kier alpha value is -3.16. The number of piperazine rings is 1. The Kier molecular flexibility index (Phi) is 4.39. The van der Waals surface area contributed by atoms with Gasteiger partial charge in [-0.1, -0.05) is 0 Å². The topological polar surface area (TPSA) is 70.4 Å². The molecule has 0 amide bonds. The van der Waals surface area contributed by atoms with Gasteiger partial charge in [-0.3, -0.25) is 4.79 Å². The molecule has 8 heteroatoms. The van der Waals surface area contributed by atoms with Gasteiger partial charge >= 0.3 is 0 Å². The van der Waals surface area contributed by atoms with E-state index in [1.54, 1.807) is 30.3 Å². The Morgan fingerprint density at radius 2 is 1.74 bits per heavy atom. The van der Waals surface area contributed by atoms with Crippen LogP contribution in [-0.4, -0.2) is 59.8 Å². The normalized spacial score (nSPS) is 14.6. The predicted octanol–water partition coefficient (Wildman–Crippen LogP) is 1.12. The smallest absolute Gasteiger partial charge is 0.293 e. The van der Waals surface area contributed by atoms with E-state index in [1.807, 2.05) is 25.1 Å². The molecule has 0 radical (unpaired) electrons. The first-order valence-electron chi connectivity index (χ1n) is 8.98. The van der Waals surface area contributed by atoms with Gasteiger partial charge in [0.1, 0.15) is 12.1 Å². The zero-order valence-electron chi connectivity index (χ0n) is 15.8.